The minimum absolute atomic E-state index is 0.162. The molecule has 0 spiro atoms. The van der Waals surface area contributed by atoms with Crippen molar-refractivity contribution in [1.29, 1.82) is 0 Å². The van der Waals surface area contributed by atoms with Gasteiger partial charge in [-0.3, -0.25) is 4.90 Å². The van der Waals surface area contributed by atoms with Crippen molar-refractivity contribution in [2.24, 2.45) is 5.41 Å². The summed E-state index contributed by atoms with van der Waals surface area (Å²) in [5, 5.41) is 17.7. The molecule has 8 rings (SSSR count). The molecule has 2 unspecified atom stereocenters. The Morgan fingerprint density at radius 1 is 1.11 bits per heavy atom. The van der Waals surface area contributed by atoms with E-state index in [1.807, 2.05) is 24.3 Å². The number of hydrogen-bond donors (Lipinski definition) is 2. The molecule has 11 heteroatoms. The van der Waals surface area contributed by atoms with E-state index >= 15 is 0 Å². The van der Waals surface area contributed by atoms with Crippen LogP contribution in [-0.4, -0.2) is 108 Å². The van der Waals surface area contributed by atoms with E-state index in [2.05, 4.69) is 49.6 Å². The third kappa shape index (κ3) is 6.79. The van der Waals surface area contributed by atoms with Gasteiger partial charge in [-0.15, -0.1) is 0 Å². The summed E-state index contributed by atoms with van der Waals surface area (Å²) in [4.78, 5) is 15.2. The molecule has 2 atom stereocenters. The molecule has 0 amide bonds. The molecule has 2 bridgehead atoms. The summed E-state index contributed by atoms with van der Waals surface area (Å²) in [7, 11) is 0. The van der Waals surface area contributed by atoms with Gasteiger partial charge in [0.1, 0.15) is 0 Å². The Bertz CT molecular complexity index is 1970. The molecule has 4 aromatic rings. The number of hydrogen-bond acceptors (Lipinski definition) is 9. The van der Waals surface area contributed by atoms with Gasteiger partial charge in [0, 0.05) is 37.1 Å². The van der Waals surface area contributed by atoms with Crippen LogP contribution in [0.25, 0.3) is 32.8 Å². The molecule has 1 aromatic heterocycles. The Morgan fingerprint density at radius 3 is 2.68 bits per heavy atom. The van der Waals surface area contributed by atoms with Crippen molar-refractivity contribution in [2.75, 3.05) is 57.4 Å². The number of benzene rings is 3. The van der Waals surface area contributed by atoms with Gasteiger partial charge in [0.25, 0.3) is 0 Å². The number of nitrogens with zero attached hydrogens (tertiary/aromatic N) is 4. The third-order valence-electron chi connectivity index (χ3n) is 10.2. The quantitative estimate of drug-likeness (QED) is 0.148. The molecule has 47 heavy (non-hydrogen) atoms. The Morgan fingerprint density at radius 2 is 1.91 bits per heavy atom. The van der Waals surface area contributed by atoms with Gasteiger partial charge in [-0.25, -0.2) is 0 Å². The van der Waals surface area contributed by atoms with E-state index in [-0.39, 0.29) is 11.2 Å². The Kier molecular flexibility index (Phi) is 9.18. The second kappa shape index (κ2) is 13.5. The van der Waals surface area contributed by atoms with E-state index in [0.717, 1.165) is 99.7 Å². The minimum atomic E-state index is -1.25. The monoisotopic (exact) mass is 856 g/mol. The number of phenols is 1. The van der Waals surface area contributed by atoms with Crippen LogP contribution in [0.2, 0.25) is 0 Å². The molecule has 3 aliphatic heterocycles. The SMILES string of the molecule is Cc1cc2c(N3CC4CCC(C3)N4)nc(OCC3(CN4CCOCC4)CC3)nc2cc1-c1cc(O)cc2cccc(C#[C][Tl]=[P+]=S)c12. The zero-order valence-electron chi connectivity index (χ0n) is 26.7. The van der Waals surface area contributed by atoms with Gasteiger partial charge in [0.05, 0.1) is 13.2 Å². The van der Waals surface area contributed by atoms with Crippen molar-refractivity contribution in [3.63, 3.8) is 0 Å². The second-order valence-corrected chi connectivity index (χ2v) is 26.2. The van der Waals surface area contributed by atoms with E-state index < -0.39 is 23.1 Å². The maximum atomic E-state index is 10.9. The zero-order valence-corrected chi connectivity index (χ0v) is 32.9. The number of rotatable bonds is 7. The van der Waals surface area contributed by atoms with E-state index in [1.165, 1.54) is 25.7 Å². The number of ether oxygens (including phenoxy) is 2. The average Bonchev–Trinajstić information content (AvgIpc) is 3.76. The Hall–Kier alpha value is -2.33. The van der Waals surface area contributed by atoms with E-state index in [0.29, 0.717) is 24.7 Å². The molecule has 2 N–H and O–H groups in total. The molecular formula is C36H38N5O3PSTl+. The van der Waals surface area contributed by atoms with Gasteiger partial charge in [-0.1, -0.05) is 0 Å². The number of fused-ring (bicyclic) bond motifs is 4. The summed E-state index contributed by atoms with van der Waals surface area (Å²) in [5.74, 6) is 4.63. The molecule has 4 heterocycles. The maximum absolute atomic E-state index is 10.9. The van der Waals surface area contributed by atoms with Crippen LogP contribution in [0.1, 0.15) is 36.8 Å². The fourth-order valence-electron chi connectivity index (χ4n) is 7.65. The van der Waals surface area contributed by atoms with Crippen LogP contribution in [-0.2, 0) is 16.5 Å². The molecule has 1 aliphatic carbocycles. The van der Waals surface area contributed by atoms with Gasteiger partial charge < -0.3 is 10.1 Å². The summed E-state index contributed by atoms with van der Waals surface area (Å²) < 4.78 is 16.6. The van der Waals surface area contributed by atoms with Crippen LogP contribution in [0.15, 0.2) is 42.5 Å². The molecule has 0 radical (unpaired) electrons. The van der Waals surface area contributed by atoms with Crippen molar-refractivity contribution in [2.45, 2.75) is 44.7 Å². The van der Waals surface area contributed by atoms with Gasteiger partial charge in [0.15, 0.2) is 0 Å². The average molecular weight is 856 g/mol. The molecule has 8 nitrogen and oxygen atoms in total. The van der Waals surface area contributed by atoms with Crippen LogP contribution >= 0.6 is 4.00 Å². The summed E-state index contributed by atoms with van der Waals surface area (Å²) in [6, 6.07) is 15.6. The molecule has 4 fully saturated rings. The zero-order chi connectivity index (χ0) is 32.0. The van der Waals surface area contributed by atoms with Crippen LogP contribution in [0.3, 0.4) is 0 Å². The second-order valence-electron chi connectivity index (χ2n) is 13.6. The predicted octanol–water partition coefficient (Wildman–Crippen LogP) is 5.23. The molecule has 1 saturated carbocycles. The van der Waals surface area contributed by atoms with Crippen molar-refractivity contribution < 1.29 is 14.6 Å². The summed E-state index contributed by atoms with van der Waals surface area (Å²) >= 11 is 3.95. The fraction of sp³-hybridized carbons (Fsp3) is 0.444. The number of aryl methyl sites for hydroxylation is 1. The van der Waals surface area contributed by atoms with Crippen molar-refractivity contribution in [1.82, 2.24) is 20.2 Å². The number of aromatic hydroxyl groups is 1. The molecule has 238 valence electrons. The Balaban J connectivity index is 1.22. The predicted molar refractivity (Wildman–Crippen MR) is 192 cm³/mol. The van der Waals surface area contributed by atoms with Crippen LogP contribution < -0.4 is 15.0 Å². The van der Waals surface area contributed by atoms with Crippen molar-refractivity contribution >= 4 is 66.4 Å². The van der Waals surface area contributed by atoms with Gasteiger partial charge >= 0.3 is 204 Å². The van der Waals surface area contributed by atoms with E-state index in [1.54, 1.807) is 0 Å². The van der Waals surface area contributed by atoms with Crippen LogP contribution in [0.4, 0.5) is 5.82 Å². The molecule has 3 aromatic carbocycles. The first-order valence-electron chi connectivity index (χ1n) is 16.7. The standard InChI is InChI=1S/C36H38N5O3.PS.Tl/c1-3-24-5-4-6-25-16-28(42)17-30(33(24)25)29-18-32-31(15-23(29)2)34(41-19-26-7-8-27(20-41)37-26)39-35(38-32)44-22-36(9-10-36)21-40-11-13-43-14-12-40;1-2;/h4-6,15-18,26-27,37,42H,7-14,19-22H2,2H3;;/q;-1;+2. The van der Waals surface area contributed by atoms with Crippen LogP contribution in [0.5, 0.6) is 11.8 Å². The first kappa shape index (κ1) is 31.9. The molecule has 3 saturated heterocycles. The summed E-state index contributed by atoms with van der Waals surface area (Å²) in [6.45, 7) is 9.24. The number of phenolic OH excluding ortho intramolecular Hbond substituents is 1. The first-order valence-corrected chi connectivity index (χ1v) is 26.9. The number of aromatic nitrogens is 2. The number of anilines is 1. The number of piperazine rings is 1. The fourth-order valence-corrected chi connectivity index (χ4v) is 11.1. The molecular weight excluding hydrogens is 818 g/mol. The summed E-state index contributed by atoms with van der Waals surface area (Å²) in [6.07, 6.45) is 4.74. The van der Waals surface area contributed by atoms with Gasteiger partial charge in [0.2, 0.25) is 0 Å². The number of morpholine rings is 1. The van der Waals surface area contributed by atoms with Gasteiger partial charge in [-0.05, 0) is 25.7 Å². The van der Waals surface area contributed by atoms with Gasteiger partial charge in [-0.2, -0.15) is 0 Å². The first-order chi connectivity index (χ1) is 23.0. The van der Waals surface area contributed by atoms with E-state index in [4.69, 9.17) is 31.2 Å². The molecule has 4 aliphatic rings. The van der Waals surface area contributed by atoms with Crippen molar-refractivity contribution in [3.05, 3.63) is 53.6 Å². The van der Waals surface area contributed by atoms with Crippen LogP contribution in [0, 0.1) is 21.7 Å². The third-order valence-corrected chi connectivity index (χ3v) is 16.5. The normalized spacial score (nSPS) is 21.7. The Labute approximate surface area is 292 Å². The van der Waals surface area contributed by atoms with E-state index in [9.17, 15) is 5.11 Å². The van der Waals surface area contributed by atoms with Crippen molar-refractivity contribution in [3.8, 4) is 32.3 Å². The topological polar surface area (TPSA) is 83.0 Å². The number of nitrogens with one attached hydrogen (secondary N) is 1. The summed E-state index contributed by atoms with van der Waals surface area (Å²) in [5.41, 5.74) is 5.09.